The molecule has 3 nitrogen and oxygen atoms in total. The van der Waals surface area contributed by atoms with Gasteiger partial charge < -0.3 is 15.3 Å². The molecular weight excluding hydrogens is 255 g/mol. The maximum absolute atomic E-state index is 13.0. The first-order valence-electron chi connectivity index (χ1n) is 6.23. The van der Waals surface area contributed by atoms with Crippen LogP contribution >= 0.6 is 11.6 Å². The summed E-state index contributed by atoms with van der Waals surface area (Å²) in [6.45, 7) is 4.86. The van der Waals surface area contributed by atoms with Crippen molar-refractivity contribution in [3.05, 3.63) is 34.6 Å². The zero-order valence-electron chi connectivity index (χ0n) is 10.2. The number of hydrogen-bond acceptors (Lipinski definition) is 3. The second-order valence-corrected chi connectivity index (χ2v) is 4.98. The lowest BCUT2D eigenvalue weighted by Crippen LogP contribution is -2.44. The Kier molecular flexibility index (Phi) is 4.95. The summed E-state index contributed by atoms with van der Waals surface area (Å²) in [5.41, 5.74) is 0.677. The van der Waals surface area contributed by atoms with Gasteiger partial charge in [-0.15, -0.1) is 0 Å². The quantitative estimate of drug-likeness (QED) is 0.878. The van der Waals surface area contributed by atoms with E-state index in [1.807, 2.05) is 0 Å². The van der Waals surface area contributed by atoms with E-state index in [0.29, 0.717) is 12.0 Å². The molecule has 5 heteroatoms. The number of hydrogen-bond donors (Lipinski definition) is 2. The van der Waals surface area contributed by atoms with Gasteiger partial charge in [0.05, 0.1) is 11.1 Å². The Balaban J connectivity index is 1.86. The highest BCUT2D eigenvalue weighted by Crippen LogP contribution is 2.23. The third-order valence-corrected chi connectivity index (χ3v) is 3.55. The molecule has 0 amide bonds. The van der Waals surface area contributed by atoms with Crippen LogP contribution in [-0.4, -0.2) is 42.7 Å². The van der Waals surface area contributed by atoms with Crippen molar-refractivity contribution in [3.8, 4) is 0 Å². The fourth-order valence-electron chi connectivity index (χ4n) is 2.13. The molecule has 1 atom stereocenters. The minimum Gasteiger partial charge on any atom is -0.388 e. The van der Waals surface area contributed by atoms with E-state index in [1.165, 1.54) is 12.1 Å². The van der Waals surface area contributed by atoms with Crippen LogP contribution in [0.4, 0.5) is 4.39 Å². The summed E-state index contributed by atoms with van der Waals surface area (Å²) < 4.78 is 13.0. The molecule has 0 saturated carbocycles. The number of nitrogens with one attached hydrogen (secondary N) is 1. The Morgan fingerprint density at radius 1 is 1.39 bits per heavy atom. The Morgan fingerprint density at radius 2 is 2.11 bits per heavy atom. The standard InChI is InChI=1S/C13H18ClFN2O/c14-11-9-10(1-2-12(11)15)13(18)3-6-17-7-4-16-5-8-17/h1-2,9,13,16,18H,3-8H2. The first-order valence-corrected chi connectivity index (χ1v) is 6.60. The summed E-state index contributed by atoms with van der Waals surface area (Å²) in [7, 11) is 0. The Labute approximate surface area is 112 Å². The molecule has 0 radical (unpaired) electrons. The molecule has 1 aromatic carbocycles. The smallest absolute Gasteiger partial charge is 0.141 e. The van der Waals surface area contributed by atoms with E-state index in [1.54, 1.807) is 6.07 Å². The molecule has 1 aliphatic rings. The molecule has 100 valence electrons. The minimum absolute atomic E-state index is 0.0636. The van der Waals surface area contributed by atoms with E-state index in [4.69, 9.17) is 11.6 Å². The van der Waals surface area contributed by atoms with Gasteiger partial charge in [0.2, 0.25) is 0 Å². The van der Waals surface area contributed by atoms with Crippen molar-refractivity contribution in [2.75, 3.05) is 32.7 Å². The molecule has 2 rings (SSSR count). The summed E-state index contributed by atoms with van der Waals surface area (Å²) >= 11 is 5.70. The first kappa shape index (κ1) is 13.7. The Hall–Kier alpha value is -0.680. The molecule has 0 bridgehead atoms. The predicted molar refractivity (Wildman–Crippen MR) is 70.3 cm³/mol. The van der Waals surface area contributed by atoms with Crippen molar-refractivity contribution in [1.29, 1.82) is 0 Å². The third kappa shape index (κ3) is 3.65. The molecule has 1 fully saturated rings. The van der Waals surface area contributed by atoms with Crippen molar-refractivity contribution < 1.29 is 9.50 Å². The summed E-state index contributed by atoms with van der Waals surface area (Å²) in [6.07, 6.45) is 0.0556. The summed E-state index contributed by atoms with van der Waals surface area (Å²) in [4.78, 5) is 2.31. The molecular formula is C13H18ClFN2O. The Morgan fingerprint density at radius 3 is 2.78 bits per heavy atom. The van der Waals surface area contributed by atoms with Crippen LogP contribution in [0.15, 0.2) is 18.2 Å². The van der Waals surface area contributed by atoms with Gasteiger partial charge in [-0.05, 0) is 24.1 Å². The van der Waals surface area contributed by atoms with Crippen molar-refractivity contribution >= 4 is 11.6 Å². The van der Waals surface area contributed by atoms with Crippen LogP contribution in [0.2, 0.25) is 5.02 Å². The average molecular weight is 273 g/mol. The van der Waals surface area contributed by atoms with Crippen LogP contribution in [0.25, 0.3) is 0 Å². The topological polar surface area (TPSA) is 35.5 Å². The molecule has 1 aliphatic heterocycles. The fourth-order valence-corrected chi connectivity index (χ4v) is 2.31. The number of rotatable bonds is 4. The monoisotopic (exact) mass is 272 g/mol. The van der Waals surface area contributed by atoms with E-state index >= 15 is 0 Å². The summed E-state index contributed by atoms with van der Waals surface area (Å²) in [5.74, 6) is -0.449. The van der Waals surface area contributed by atoms with Gasteiger partial charge in [0.25, 0.3) is 0 Å². The minimum atomic E-state index is -0.585. The second-order valence-electron chi connectivity index (χ2n) is 4.57. The molecule has 1 heterocycles. The molecule has 0 aliphatic carbocycles. The zero-order chi connectivity index (χ0) is 13.0. The molecule has 1 unspecified atom stereocenters. The number of piperazine rings is 1. The van der Waals surface area contributed by atoms with Gasteiger partial charge >= 0.3 is 0 Å². The van der Waals surface area contributed by atoms with Gasteiger partial charge in [0, 0.05) is 32.7 Å². The highest BCUT2D eigenvalue weighted by Gasteiger charge is 2.14. The predicted octanol–water partition coefficient (Wildman–Crippen LogP) is 1.81. The van der Waals surface area contributed by atoms with E-state index in [2.05, 4.69) is 10.2 Å². The van der Waals surface area contributed by atoms with Gasteiger partial charge in [-0.3, -0.25) is 0 Å². The number of nitrogens with zero attached hydrogens (tertiary/aromatic N) is 1. The highest BCUT2D eigenvalue weighted by molar-refractivity contribution is 6.30. The van der Waals surface area contributed by atoms with Crippen LogP contribution in [0, 0.1) is 5.82 Å². The number of benzene rings is 1. The van der Waals surface area contributed by atoms with Crippen LogP contribution in [-0.2, 0) is 0 Å². The van der Waals surface area contributed by atoms with Gasteiger partial charge in [0.15, 0.2) is 0 Å². The first-order chi connectivity index (χ1) is 8.66. The summed E-state index contributed by atoms with van der Waals surface area (Å²) in [6, 6.07) is 4.38. The lowest BCUT2D eigenvalue weighted by atomic mass is 10.1. The number of aliphatic hydroxyl groups excluding tert-OH is 1. The van der Waals surface area contributed by atoms with E-state index in [-0.39, 0.29) is 5.02 Å². The maximum atomic E-state index is 13.0. The second kappa shape index (κ2) is 6.48. The van der Waals surface area contributed by atoms with E-state index in [0.717, 1.165) is 32.7 Å². The van der Waals surface area contributed by atoms with Crippen LogP contribution in [0.1, 0.15) is 18.1 Å². The largest absolute Gasteiger partial charge is 0.388 e. The van der Waals surface area contributed by atoms with Gasteiger partial charge in [-0.1, -0.05) is 17.7 Å². The van der Waals surface area contributed by atoms with E-state index < -0.39 is 11.9 Å². The zero-order valence-corrected chi connectivity index (χ0v) is 11.0. The summed E-state index contributed by atoms with van der Waals surface area (Å²) in [5, 5.41) is 13.4. The SMILES string of the molecule is OC(CCN1CCNCC1)c1ccc(F)c(Cl)c1. The highest BCUT2D eigenvalue weighted by atomic mass is 35.5. The van der Waals surface area contributed by atoms with Crippen LogP contribution < -0.4 is 5.32 Å². The third-order valence-electron chi connectivity index (χ3n) is 3.26. The van der Waals surface area contributed by atoms with Gasteiger partial charge in [-0.2, -0.15) is 0 Å². The fraction of sp³-hybridized carbons (Fsp3) is 0.538. The van der Waals surface area contributed by atoms with Crippen molar-refractivity contribution in [3.63, 3.8) is 0 Å². The maximum Gasteiger partial charge on any atom is 0.141 e. The normalized spacial score (nSPS) is 18.8. The van der Waals surface area contributed by atoms with Crippen molar-refractivity contribution in [2.24, 2.45) is 0 Å². The molecule has 0 aromatic heterocycles. The Bertz CT molecular complexity index is 397. The van der Waals surface area contributed by atoms with Crippen LogP contribution in [0.3, 0.4) is 0 Å². The van der Waals surface area contributed by atoms with E-state index in [9.17, 15) is 9.50 Å². The van der Waals surface area contributed by atoms with Crippen LogP contribution in [0.5, 0.6) is 0 Å². The average Bonchev–Trinajstić information content (AvgIpc) is 2.40. The molecule has 2 N–H and O–H groups in total. The molecule has 1 saturated heterocycles. The number of aliphatic hydroxyl groups is 1. The lowest BCUT2D eigenvalue weighted by molar-refractivity contribution is 0.136. The lowest BCUT2D eigenvalue weighted by Gasteiger charge is -2.28. The molecule has 1 aromatic rings. The molecule has 18 heavy (non-hydrogen) atoms. The van der Waals surface area contributed by atoms with Crippen molar-refractivity contribution in [1.82, 2.24) is 10.2 Å². The van der Waals surface area contributed by atoms with Crippen molar-refractivity contribution in [2.45, 2.75) is 12.5 Å². The molecule has 0 spiro atoms. The number of halogens is 2. The van der Waals surface area contributed by atoms with Gasteiger partial charge in [-0.25, -0.2) is 4.39 Å². The van der Waals surface area contributed by atoms with Gasteiger partial charge in [0.1, 0.15) is 5.82 Å².